The maximum atomic E-state index is 13.2. The number of thiophene rings is 1. The second-order valence-electron chi connectivity index (χ2n) is 6.17. The Bertz CT molecular complexity index is 1100. The van der Waals surface area contributed by atoms with Gasteiger partial charge in [-0.1, -0.05) is 35.9 Å². The molecule has 3 rings (SSSR count). The van der Waals surface area contributed by atoms with E-state index in [9.17, 15) is 17.6 Å². The van der Waals surface area contributed by atoms with Gasteiger partial charge in [-0.15, -0.1) is 0 Å². The first-order valence-corrected chi connectivity index (χ1v) is 11.5. The van der Waals surface area contributed by atoms with E-state index in [4.69, 9.17) is 11.6 Å². The van der Waals surface area contributed by atoms with Crippen LogP contribution in [0.25, 0.3) is 11.1 Å². The van der Waals surface area contributed by atoms with E-state index in [1.54, 1.807) is 11.3 Å². The van der Waals surface area contributed by atoms with Gasteiger partial charge < -0.3 is 5.32 Å². The molecule has 0 unspecified atom stereocenters. The summed E-state index contributed by atoms with van der Waals surface area (Å²) < 4.78 is 39.9. The van der Waals surface area contributed by atoms with Crippen LogP contribution in [0.2, 0.25) is 5.02 Å². The van der Waals surface area contributed by atoms with Gasteiger partial charge in [0.15, 0.2) is 0 Å². The lowest BCUT2D eigenvalue weighted by Gasteiger charge is -2.11. The number of hydrogen-bond acceptors (Lipinski definition) is 4. The molecular formula is C20H18ClFN2O3S2. The van der Waals surface area contributed by atoms with E-state index < -0.39 is 15.8 Å². The summed E-state index contributed by atoms with van der Waals surface area (Å²) >= 11 is 7.22. The minimum absolute atomic E-state index is 0.0330. The summed E-state index contributed by atoms with van der Waals surface area (Å²) in [5, 5.41) is 6.55. The molecule has 0 spiro atoms. The summed E-state index contributed by atoms with van der Waals surface area (Å²) in [6.07, 6.45) is -0.0330. The van der Waals surface area contributed by atoms with Crippen molar-refractivity contribution < 1.29 is 17.6 Å². The van der Waals surface area contributed by atoms with Crippen molar-refractivity contribution in [2.75, 3.05) is 6.54 Å². The predicted octanol–water partition coefficient (Wildman–Crippen LogP) is 4.19. The monoisotopic (exact) mass is 452 g/mol. The molecule has 0 saturated heterocycles. The smallest absolute Gasteiger partial charge is 0.240 e. The zero-order chi connectivity index (χ0) is 20.9. The average Bonchev–Trinajstić information content (AvgIpc) is 3.23. The van der Waals surface area contributed by atoms with Gasteiger partial charge in [0.2, 0.25) is 15.9 Å². The van der Waals surface area contributed by atoms with E-state index in [2.05, 4.69) is 10.0 Å². The number of benzene rings is 2. The Kier molecular flexibility index (Phi) is 7.02. The van der Waals surface area contributed by atoms with Crippen molar-refractivity contribution in [1.29, 1.82) is 0 Å². The molecule has 0 saturated carbocycles. The third kappa shape index (κ3) is 5.63. The van der Waals surface area contributed by atoms with Gasteiger partial charge in [0.25, 0.3) is 0 Å². The normalized spacial score (nSPS) is 11.4. The molecule has 5 nitrogen and oxygen atoms in total. The molecule has 3 aromatic rings. The molecule has 2 aromatic carbocycles. The van der Waals surface area contributed by atoms with Crippen LogP contribution in [0, 0.1) is 5.82 Å². The summed E-state index contributed by atoms with van der Waals surface area (Å²) in [4.78, 5) is 12.0. The molecule has 0 aliphatic rings. The van der Waals surface area contributed by atoms with Crippen molar-refractivity contribution in [1.82, 2.24) is 10.0 Å². The Hall–Kier alpha value is -2.26. The molecule has 0 aliphatic carbocycles. The van der Waals surface area contributed by atoms with Gasteiger partial charge in [-0.3, -0.25) is 4.79 Å². The van der Waals surface area contributed by atoms with Crippen LogP contribution in [0.1, 0.15) is 12.0 Å². The van der Waals surface area contributed by atoms with Gasteiger partial charge in [0, 0.05) is 19.5 Å². The second-order valence-corrected chi connectivity index (χ2v) is 9.12. The largest absolute Gasteiger partial charge is 0.352 e. The van der Waals surface area contributed by atoms with Crippen molar-refractivity contribution in [3.63, 3.8) is 0 Å². The number of amides is 1. The van der Waals surface area contributed by atoms with Crippen LogP contribution < -0.4 is 10.0 Å². The minimum atomic E-state index is -3.88. The highest BCUT2D eigenvalue weighted by atomic mass is 35.5. The first-order valence-electron chi connectivity index (χ1n) is 8.69. The zero-order valence-corrected chi connectivity index (χ0v) is 17.6. The minimum Gasteiger partial charge on any atom is -0.352 e. The number of carbonyl (C=O) groups is 1. The Morgan fingerprint density at radius 3 is 2.66 bits per heavy atom. The SMILES string of the molecule is O=C(CCNS(=O)(=O)c1ccc(F)c(Cl)c1)NCc1ccccc1-c1ccsc1. The molecule has 152 valence electrons. The van der Waals surface area contributed by atoms with Crippen LogP contribution >= 0.6 is 22.9 Å². The van der Waals surface area contributed by atoms with E-state index in [1.807, 2.05) is 41.1 Å². The summed E-state index contributed by atoms with van der Waals surface area (Å²) in [5.41, 5.74) is 3.11. The number of hydrogen-bond donors (Lipinski definition) is 2. The zero-order valence-electron chi connectivity index (χ0n) is 15.2. The number of halogens is 2. The topological polar surface area (TPSA) is 75.3 Å². The van der Waals surface area contributed by atoms with E-state index in [0.717, 1.165) is 34.9 Å². The van der Waals surface area contributed by atoms with Gasteiger partial charge in [-0.05, 0) is 51.7 Å². The van der Waals surface area contributed by atoms with Gasteiger partial charge in [-0.25, -0.2) is 17.5 Å². The highest BCUT2D eigenvalue weighted by molar-refractivity contribution is 7.89. The van der Waals surface area contributed by atoms with Crippen molar-refractivity contribution >= 4 is 38.9 Å². The van der Waals surface area contributed by atoms with Crippen LogP contribution in [0.3, 0.4) is 0 Å². The lowest BCUT2D eigenvalue weighted by molar-refractivity contribution is -0.121. The van der Waals surface area contributed by atoms with Crippen LogP contribution in [-0.4, -0.2) is 20.9 Å². The molecule has 0 fully saturated rings. The second kappa shape index (κ2) is 9.49. The van der Waals surface area contributed by atoms with Crippen LogP contribution in [0.4, 0.5) is 4.39 Å². The maximum absolute atomic E-state index is 13.2. The lowest BCUT2D eigenvalue weighted by Crippen LogP contribution is -2.30. The number of rotatable bonds is 8. The number of sulfonamides is 1. The highest BCUT2D eigenvalue weighted by Gasteiger charge is 2.16. The molecular weight excluding hydrogens is 435 g/mol. The van der Waals surface area contributed by atoms with Crippen molar-refractivity contribution in [2.24, 2.45) is 0 Å². The van der Waals surface area contributed by atoms with Crippen LogP contribution in [0.15, 0.2) is 64.2 Å². The summed E-state index contributed by atoms with van der Waals surface area (Å²) in [5.74, 6) is -0.988. The molecule has 0 radical (unpaired) electrons. The lowest BCUT2D eigenvalue weighted by atomic mass is 10.0. The van der Waals surface area contributed by atoms with Crippen molar-refractivity contribution in [2.45, 2.75) is 17.9 Å². The van der Waals surface area contributed by atoms with Crippen molar-refractivity contribution in [3.05, 3.63) is 75.7 Å². The predicted molar refractivity (Wildman–Crippen MR) is 113 cm³/mol. The molecule has 0 aliphatic heterocycles. The highest BCUT2D eigenvalue weighted by Crippen LogP contribution is 2.25. The fourth-order valence-corrected chi connectivity index (χ4v) is 4.64. The number of nitrogens with one attached hydrogen (secondary N) is 2. The van der Waals surface area contributed by atoms with E-state index in [-0.39, 0.29) is 28.8 Å². The first kappa shape index (κ1) is 21.4. The summed E-state index contributed by atoms with van der Waals surface area (Å²) in [6.45, 7) is 0.251. The van der Waals surface area contributed by atoms with Crippen molar-refractivity contribution in [3.8, 4) is 11.1 Å². The molecule has 0 atom stereocenters. The van der Waals surface area contributed by atoms with Gasteiger partial charge >= 0.3 is 0 Å². The maximum Gasteiger partial charge on any atom is 0.240 e. The summed E-state index contributed by atoms with van der Waals surface area (Å²) in [7, 11) is -3.88. The number of carbonyl (C=O) groups excluding carboxylic acids is 1. The molecule has 1 amide bonds. The molecule has 2 N–H and O–H groups in total. The van der Waals surface area contributed by atoms with Gasteiger partial charge in [-0.2, -0.15) is 11.3 Å². The third-order valence-electron chi connectivity index (χ3n) is 4.17. The standard InChI is InChI=1S/C20H18ClFN2O3S2/c21-18-11-16(5-6-19(18)22)29(26,27)24-9-7-20(25)23-12-14-3-1-2-4-17(14)15-8-10-28-13-15/h1-6,8,10-11,13,24H,7,9,12H2,(H,23,25). The molecule has 0 bridgehead atoms. The van der Waals surface area contributed by atoms with Gasteiger partial charge in [0.05, 0.1) is 9.92 Å². The van der Waals surface area contributed by atoms with Gasteiger partial charge in [0.1, 0.15) is 5.82 Å². The van der Waals surface area contributed by atoms with E-state index in [1.165, 1.54) is 0 Å². The summed E-state index contributed by atoms with van der Waals surface area (Å²) in [6, 6.07) is 12.9. The molecule has 9 heteroatoms. The Morgan fingerprint density at radius 1 is 1.14 bits per heavy atom. The fraction of sp³-hybridized carbons (Fsp3) is 0.150. The fourth-order valence-electron chi connectivity index (χ4n) is 2.68. The average molecular weight is 453 g/mol. The van der Waals surface area contributed by atoms with Crippen LogP contribution in [-0.2, 0) is 21.4 Å². The van der Waals surface area contributed by atoms with E-state index in [0.29, 0.717) is 6.54 Å². The van der Waals surface area contributed by atoms with Crippen LogP contribution in [0.5, 0.6) is 0 Å². The Labute approximate surface area is 177 Å². The molecule has 29 heavy (non-hydrogen) atoms. The molecule has 1 aromatic heterocycles. The third-order valence-corrected chi connectivity index (χ3v) is 6.60. The molecule has 1 heterocycles. The van der Waals surface area contributed by atoms with E-state index >= 15 is 0 Å². The Morgan fingerprint density at radius 2 is 1.93 bits per heavy atom. The Balaban J connectivity index is 1.53. The first-order chi connectivity index (χ1) is 13.9. The quantitative estimate of drug-likeness (QED) is 0.538.